The number of ether oxygens (including phenoxy) is 2. The zero-order valence-electron chi connectivity index (χ0n) is 15.6. The summed E-state index contributed by atoms with van der Waals surface area (Å²) in [4.78, 5) is 11.5. The van der Waals surface area contributed by atoms with Gasteiger partial charge >= 0.3 is 5.97 Å². The fourth-order valence-electron chi connectivity index (χ4n) is 2.44. The van der Waals surface area contributed by atoms with Gasteiger partial charge in [0.05, 0.1) is 19.3 Å². The van der Waals surface area contributed by atoms with E-state index in [4.69, 9.17) is 9.47 Å². The zero-order valence-corrected chi connectivity index (χ0v) is 15.6. The molecule has 4 nitrogen and oxygen atoms in total. The van der Waals surface area contributed by atoms with E-state index in [0.717, 1.165) is 17.1 Å². The Balaban J connectivity index is 2.16. The third-order valence-electron chi connectivity index (χ3n) is 3.80. The Morgan fingerprint density at radius 3 is 2.20 bits per heavy atom. The minimum Gasteiger partial charge on any atom is -0.493 e. The first kappa shape index (κ1) is 18.8. The monoisotopic (exact) mass is 341 g/mol. The number of carbonyl (C=O) groups is 1. The smallest absolute Gasteiger partial charge is 0.337 e. The molecule has 0 fully saturated rings. The van der Waals surface area contributed by atoms with Crippen LogP contribution in [0.3, 0.4) is 0 Å². The minimum absolute atomic E-state index is 0.333. The van der Waals surface area contributed by atoms with Crippen molar-refractivity contribution in [3.63, 3.8) is 0 Å². The van der Waals surface area contributed by atoms with Gasteiger partial charge < -0.3 is 14.8 Å². The van der Waals surface area contributed by atoms with Gasteiger partial charge in [0.1, 0.15) is 5.75 Å². The minimum atomic E-state index is -0.333. The first-order valence-electron chi connectivity index (χ1n) is 8.63. The number of methoxy groups -OCH3 is 1. The maximum Gasteiger partial charge on any atom is 0.337 e. The lowest BCUT2D eigenvalue weighted by Crippen LogP contribution is -2.07. The lowest BCUT2D eigenvalue weighted by Gasteiger charge is -2.17. The van der Waals surface area contributed by atoms with Crippen molar-refractivity contribution in [3.8, 4) is 5.75 Å². The van der Waals surface area contributed by atoms with Crippen LogP contribution in [0.1, 0.15) is 49.5 Å². The van der Waals surface area contributed by atoms with Crippen molar-refractivity contribution in [1.82, 2.24) is 0 Å². The summed E-state index contributed by atoms with van der Waals surface area (Å²) >= 11 is 0. The maximum atomic E-state index is 11.5. The highest BCUT2D eigenvalue weighted by Crippen LogP contribution is 2.31. The molecule has 0 amide bonds. The molecule has 134 valence electrons. The molecule has 4 heteroatoms. The molecule has 0 aliphatic carbocycles. The number of hydrogen-bond acceptors (Lipinski definition) is 4. The number of benzene rings is 2. The van der Waals surface area contributed by atoms with Gasteiger partial charge in [0.2, 0.25) is 0 Å². The highest BCUT2D eigenvalue weighted by molar-refractivity contribution is 5.89. The molecule has 2 rings (SSSR count). The van der Waals surface area contributed by atoms with E-state index in [1.807, 2.05) is 24.3 Å². The van der Waals surface area contributed by atoms with E-state index in [-0.39, 0.29) is 5.97 Å². The van der Waals surface area contributed by atoms with E-state index in [2.05, 4.69) is 39.1 Å². The molecular weight excluding hydrogens is 314 g/mol. The third-order valence-corrected chi connectivity index (χ3v) is 3.80. The van der Waals surface area contributed by atoms with Crippen LogP contribution in [-0.4, -0.2) is 19.7 Å². The van der Waals surface area contributed by atoms with Crippen molar-refractivity contribution in [3.05, 3.63) is 53.6 Å². The van der Waals surface area contributed by atoms with Gasteiger partial charge in [0, 0.05) is 11.4 Å². The molecule has 0 aliphatic rings. The molecular formula is C21H27NO3. The lowest BCUT2D eigenvalue weighted by atomic mass is 10.0. The molecule has 25 heavy (non-hydrogen) atoms. The van der Waals surface area contributed by atoms with Crippen molar-refractivity contribution < 1.29 is 14.3 Å². The summed E-state index contributed by atoms with van der Waals surface area (Å²) in [6, 6.07) is 13.4. The van der Waals surface area contributed by atoms with E-state index in [1.165, 1.54) is 12.7 Å². The van der Waals surface area contributed by atoms with E-state index in [1.54, 1.807) is 12.1 Å². The molecule has 1 N–H and O–H groups in total. The summed E-state index contributed by atoms with van der Waals surface area (Å²) in [6.07, 6.45) is 0. The fraction of sp³-hybridized carbons (Fsp3) is 0.381. The van der Waals surface area contributed by atoms with Crippen LogP contribution in [0.2, 0.25) is 0 Å². The summed E-state index contributed by atoms with van der Waals surface area (Å²) in [5, 5.41) is 3.37. The SMILES string of the molecule is COC(=O)c1ccc(Nc2ccc(OCC(C)C)c(C(C)C)c2)cc1. The van der Waals surface area contributed by atoms with Crippen molar-refractivity contribution in [2.75, 3.05) is 19.0 Å². The number of anilines is 2. The highest BCUT2D eigenvalue weighted by Gasteiger charge is 2.11. The molecule has 2 aromatic rings. The summed E-state index contributed by atoms with van der Waals surface area (Å²) in [7, 11) is 1.38. The average Bonchev–Trinajstić information content (AvgIpc) is 2.60. The van der Waals surface area contributed by atoms with Crippen LogP contribution in [0.25, 0.3) is 0 Å². The van der Waals surface area contributed by atoms with Crippen LogP contribution >= 0.6 is 0 Å². The maximum absolute atomic E-state index is 11.5. The van der Waals surface area contributed by atoms with Gasteiger partial charge in [-0.3, -0.25) is 0 Å². The largest absolute Gasteiger partial charge is 0.493 e. The normalized spacial score (nSPS) is 10.8. The predicted molar refractivity (Wildman–Crippen MR) is 102 cm³/mol. The number of nitrogens with one attached hydrogen (secondary N) is 1. The molecule has 0 saturated carbocycles. The standard InChI is InChI=1S/C21H27NO3/c1-14(2)13-25-20-11-10-18(12-19(20)15(3)4)22-17-8-6-16(7-9-17)21(23)24-5/h6-12,14-15,22H,13H2,1-5H3. The molecule has 0 atom stereocenters. The Morgan fingerprint density at radius 1 is 1.00 bits per heavy atom. The van der Waals surface area contributed by atoms with Crippen LogP contribution < -0.4 is 10.1 Å². The van der Waals surface area contributed by atoms with E-state index >= 15 is 0 Å². The van der Waals surface area contributed by atoms with Crippen LogP contribution in [0.4, 0.5) is 11.4 Å². The van der Waals surface area contributed by atoms with Gasteiger partial charge in [-0.15, -0.1) is 0 Å². The first-order valence-corrected chi connectivity index (χ1v) is 8.63. The second kappa shape index (κ2) is 8.56. The number of hydrogen-bond donors (Lipinski definition) is 1. The van der Waals surface area contributed by atoms with Gasteiger partial charge in [-0.1, -0.05) is 27.7 Å². The van der Waals surface area contributed by atoms with Crippen molar-refractivity contribution in [2.45, 2.75) is 33.6 Å². The van der Waals surface area contributed by atoms with Crippen LogP contribution in [0, 0.1) is 5.92 Å². The molecule has 2 aromatic carbocycles. The zero-order chi connectivity index (χ0) is 18.4. The lowest BCUT2D eigenvalue weighted by molar-refractivity contribution is 0.0601. The Hall–Kier alpha value is -2.49. The second-order valence-corrected chi connectivity index (χ2v) is 6.81. The average molecular weight is 341 g/mol. The molecule has 0 aliphatic heterocycles. The van der Waals surface area contributed by atoms with Crippen molar-refractivity contribution in [2.24, 2.45) is 5.92 Å². The topological polar surface area (TPSA) is 47.6 Å². The Bertz CT molecular complexity index is 706. The second-order valence-electron chi connectivity index (χ2n) is 6.81. The highest BCUT2D eigenvalue weighted by atomic mass is 16.5. The summed E-state index contributed by atoms with van der Waals surface area (Å²) in [5.74, 6) is 1.47. The Labute approximate surface area is 150 Å². The van der Waals surface area contributed by atoms with Crippen LogP contribution in [0.5, 0.6) is 5.75 Å². The molecule has 0 spiro atoms. The fourth-order valence-corrected chi connectivity index (χ4v) is 2.44. The van der Waals surface area contributed by atoms with Gasteiger partial charge in [0.25, 0.3) is 0 Å². The van der Waals surface area contributed by atoms with Gasteiger partial charge in [-0.05, 0) is 59.9 Å². The van der Waals surface area contributed by atoms with E-state index < -0.39 is 0 Å². The summed E-state index contributed by atoms with van der Waals surface area (Å²) < 4.78 is 10.7. The van der Waals surface area contributed by atoms with Crippen molar-refractivity contribution >= 4 is 17.3 Å². The quantitative estimate of drug-likeness (QED) is 0.687. The van der Waals surface area contributed by atoms with Gasteiger partial charge in [-0.25, -0.2) is 4.79 Å². The summed E-state index contributed by atoms with van der Waals surface area (Å²) in [6.45, 7) is 9.31. The van der Waals surface area contributed by atoms with E-state index in [0.29, 0.717) is 24.0 Å². The Kier molecular flexibility index (Phi) is 6.45. The van der Waals surface area contributed by atoms with Gasteiger partial charge in [0.15, 0.2) is 0 Å². The third kappa shape index (κ3) is 5.24. The predicted octanol–water partition coefficient (Wildman–Crippen LogP) is 5.38. The number of esters is 1. The van der Waals surface area contributed by atoms with Crippen LogP contribution in [-0.2, 0) is 4.74 Å². The number of carbonyl (C=O) groups excluding carboxylic acids is 1. The first-order chi connectivity index (χ1) is 11.9. The number of rotatable bonds is 7. The van der Waals surface area contributed by atoms with Gasteiger partial charge in [-0.2, -0.15) is 0 Å². The molecule has 0 radical (unpaired) electrons. The molecule has 0 unspecified atom stereocenters. The summed E-state index contributed by atoms with van der Waals surface area (Å²) in [5.41, 5.74) is 3.62. The van der Waals surface area contributed by atoms with Crippen LogP contribution in [0.15, 0.2) is 42.5 Å². The molecule has 0 bridgehead atoms. The van der Waals surface area contributed by atoms with Crippen molar-refractivity contribution in [1.29, 1.82) is 0 Å². The molecule has 0 saturated heterocycles. The molecule has 0 aromatic heterocycles. The Morgan fingerprint density at radius 2 is 1.64 bits per heavy atom. The molecule has 0 heterocycles. The van der Waals surface area contributed by atoms with E-state index in [9.17, 15) is 4.79 Å².